The molecular weight excluding hydrogens is 384 g/mol. The van der Waals surface area contributed by atoms with Gasteiger partial charge in [0.25, 0.3) is 0 Å². The average Bonchev–Trinajstić information content (AvgIpc) is 2.75. The summed E-state index contributed by atoms with van der Waals surface area (Å²) in [7, 11) is 0. The monoisotopic (exact) mass is 422 g/mol. The summed E-state index contributed by atoms with van der Waals surface area (Å²) in [4.78, 5) is 27.6. The molecule has 0 spiro atoms. The van der Waals surface area contributed by atoms with Crippen LogP contribution < -0.4 is 5.32 Å². The van der Waals surface area contributed by atoms with Gasteiger partial charge in [0.1, 0.15) is 6.04 Å². The first-order chi connectivity index (χ1) is 14.7. The molecule has 0 aliphatic heterocycles. The van der Waals surface area contributed by atoms with E-state index >= 15 is 0 Å². The van der Waals surface area contributed by atoms with E-state index in [-0.39, 0.29) is 11.8 Å². The van der Waals surface area contributed by atoms with Gasteiger partial charge in [0.15, 0.2) is 0 Å². The lowest BCUT2D eigenvalue weighted by molar-refractivity contribution is -0.140. The van der Waals surface area contributed by atoms with Gasteiger partial charge in [0, 0.05) is 19.5 Å². The second-order valence-corrected chi connectivity index (χ2v) is 9.22. The Labute approximate surface area is 188 Å². The third-order valence-electron chi connectivity index (χ3n) is 5.60. The standard InChI is InChI=1S/C27H38N2O2/c1-19(2)17-28-27(31)22(6)29(18-24-9-7-21(5)8-10-24)26(30)16-13-23-11-14-25(15-12-23)20(3)4/h7-12,14-15,19-20,22H,13,16-18H2,1-6H3,(H,28,31). The Morgan fingerprint density at radius 2 is 1.45 bits per heavy atom. The molecule has 0 radical (unpaired) electrons. The number of carbonyl (C=O) groups excluding carboxylic acids is 2. The Hall–Kier alpha value is -2.62. The van der Waals surface area contributed by atoms with E-state index in [4.69, 9.17) is 0 Å². The smallest absolute Gasteiger partial charge is 0.242 e. The molecule has 4 nitrogen and oxygen atoms in total. The van der Waals surface area contributed by atoms with Gasteiger partial charge in [-0.15, -0.1) is 0 Å². The molecule has 31 heavy (non-hydrogen) atoms. The van der Waals surface area contributed by atoms with E-state index in [9.17, 15) is 9.59 Å². The van der Waals surface area contributed by atoms with Gasteiger partial charge in [-0.1, -0.05) is 81.8 Å². The third kappa shape index (κ3) is 7.86. The van der Waals surface area contributed by atoms with Crippen LogP contribution in [0.5, 0.6) is 0 Å². The van der Waals surface area contributed by atoms with E-state index in [1.807, 2.05) is 38.1 Å². The SMILES string of the molecule is Cc1ccc(CN(C(=O)CCc2ccc(C(C)C)cc2)C(C)C(=O)NCC(C)C)cc1. The normalized spacial score (nSPS) is 12.1. The van der Waals surface area contributed by atoms with E-state index in [1.54, 1.807) is 4.90 Å². The summed E-state index contributed by atoms with van der Waals surface area (Å²) in [6.07, 6.45) is 1.05. The van der Waals surface area contributed by atoms with Crippen molar-refractivity contribution in [3.05, 3.63) is 70.8 Å². The zero-order chi connectivity index (χ0) is 23.0. The van der Waals surface area contributed by atoms with E-state index in [2.05, 4.69) is 57.3 Å². The minimum Gasteiger partial charge on any atom is -0.354 e. The number of benzene rings is 2. The minimum atomic E-state index is -0.518. The van der Waals surface area contributed by atoms with Crippen LogP contribution in [0, 0.1) is 12.8 Å². The summed E-state index contributed by atoms with van der Waals surface area (Å²) in [6, 6.07) is 16.1. The number of hydrogen-bond acceptors (Lipinski definition) is 2. The second kappa shape index (κ2) is 11.7. The molecule has 2 aromatic carbocycles. The number of rotatable bonds is 10. The predicted octanol–water partition coefficient (Wildman–Crippen LogP) is 5.24. The van der Waals surface area contributed by atoms with Crippen LogP contribution in [0.2, 0.25) is 0 Å². The molecule has 0 fully saturated rings. The zero-order valence-electron chi connectivity index (χ0n) is 19.9. The largest absolute Gasteiger partial charge is 0.354 e. The van der Waals surface area contributed by atoms with E-state index in [0.29, 0.717) is 37.8 Å². The Morgan fingerprint density at radius 3 is 2.00 bits per heavy atom. The van der Waals surface area contributed by atoms with Crippen molar-refractivity contribution in [3.63, 3.8) is 0 Å². The van der Waals surface area contributed by atoms with E-state index in [1.165, 1.54) is 11.1 Å². The molecule has 168 valence electrons. The summed E-state index contributed by atoms with van der Waals surface area (Å²) in [5.74, 6) is 0.758. The lowest BCUT2D eigenvalue weighted by Crippen LogP contribution is -2.48. The molecule has 0 saturated heterocycles. The molecule has 0 bridgehead atoms. The van der Waals surface area contributed by atoms with Crippen LogP contribution in [0.25, 0.3) is 0 Å². The molecule has 0 aliphatic rings. The van der Waals surface area contributed by atoms with Gasteiger partial charge in [-0.2, -0.15) is 0 Å². The number of hydrogen-bond donors (Lipinski definition) is 1. The molecule has 2 amide bonds. The molecule has 0 aromatic heterocycles. The van der Waals surface area contributed by atoms with Gasteiger partial charge in [0.05, 0.1) is 0 Å². The van der Waals surface area contributed by atoms with Crippen LogP contribution in [0.1, 0.15) is 69.2 Å². The lowest BCUT2D eigenvalue weighted by Gasteiger charge is -2.29. The molecule has 2 rings (SSSR count). The highest BCUT2D eigenvalue weighted by Gasteiger charge is 2.26. The first kappa shape index (κ1) is 24.6. The Morgan fingerprint density at radius 1 is 0.871 bits per heavy atom. The number of aryl methyl sites for hydroxylation is 2. The molecule has 2 aromatic rings. The summed E-state index contributed by atoms with van der Waals surface area (Å²) in [6.45, 7) is 13.4. The Bertz CT molecular complexity index is 839. The lowest BCUT2D eigenvalue weighted by atomic mass is 10.00. The van der Waals surface area contributed by atoms with Crippen molar-refractivity contribution in [1.82, 2.24) is 10.2 Å². The highest BCUT2D eigenvalue weighted by atomic mass is 16.2. The van der Waals surface area contributed by atoms with Crippen LogP contribution in [0.4, 0.5) is 0 Å². The highest BCUT2D eigenvalue weighted by Crippen LogP contribution is 2.17. The fraction of sp³-hybridized carbons (Fsp3) is 0.481. The number of amides is 2. The highest BCUT2D eigenvalue weighted by molar-refractivity contribution is 5.87. The van der Waals surface area contributed by atoms with Crippen molar-refractivity contribution in [2.75, 3.05) is 6.54 Å². The first-order valence-corrected chi connectivity index (χ1v) is 11.4. The number of nitrogens with zero attached hydrogens (tertiary/aromatic N) is 1. The second-order valence-electron chi connectivity index (χ2n) is 9.22. The quantitative estimate of drug-likeness (QED) is 0.569. The van der Waals surface area contributed by atoms with E-state index < -0.39 is 6.04 Å². The van der Waals surface area contributed by atoms with Crippen LogP contribution in [-0.4, -0.2) is 29.3 Å². The molecule has 1 atom stereocenters. The van der Waals surface area contributed by atoms with Gasteiger partial charge in [-0.25, -0.2) is 0 Å². The third-order valence-corrected chi connectivity index (χ3v) is 5.60. The summed E-state index contributed by atoms with van der Waals surface area (Å²) < 4.78 is 0. The molecule has 1 unspecified atom stereocenters. The molecule has 0 heterocycles. The van der Waals surface area contributed by atoms with Crippen LogP contribution >= 0.6 is 0 Å². The summed E-state index contributed by atoms with van der Waals surface area (Å²) in [5, 5.41) is 2.97. The fourth-order valence-corrected chi connectivity index (χ4v) is 3.39. The number of carbonyl (C=O) groups is 2. The van der Waals surface area contributed by atoms with Gasteiger partial charge < -0.3 is 10.2 Å². The van der Waals surface area contributed by atoms with Crippen molar-refractivity contribution in [3.8, 4) is 0 Å². The molecule has 0 saturated carbocycles. The van der Waals surface area contributed by atoms with Crippen LogP contribution in [0.3, 0.4) is 0 Å². The van der Waals surface area contributed by atoms with Crippen LogP contribution in [-0.2, 0) is 22.6 Å². The van der Waals surface area contributed by atoms with Crippen molar-refractivity contribution < 1.29 is 9.59 Å². The predicted molar refractivity (Wildman–Crippen MR) is 128 cm³/mol. The molecular formula is C27H38N2O2. The zero-order valence-corrected chi connectivity index (χ0v) is 19.9. The Kier molecular flexibility index (Phi) is 9.29. The van der Waals surface area contributed by atoms with E-state index in [0.717, 1.165) is 11.1 Å². The average molecular weight is 423 g/mol. The van der Waals surface area contributed by atoms with Crippen LogP contribution in [0.15, 0.2) is 48.5 Å². The number of nitrogens with one attached hydrogen (secondary N) is 1. The molecule has 0 aliphatic carbocycles. The van der Waals surface area contributed by atoms with Crippen molar-refractivity contribution in [2.45, 2.75) is 72.9 Å². The van der Waals surface area contributed by atoms with Gasteiger partial charge in [-0.05, 0) is 48.8 Å². The topological polar surface area (TPSA) is 49.4 Å². The van der Waals surface area contributed by atoms with Gasteiger partial charge >= 0.3 is 0 Å². The first-order valence-electron chi connectivity index (χ1n) is 11.4. The van der Waals surface area contributed by atoms with Gasteiger partial charge in [-0.3, -0.25) is 9.59 Å². The maximum atomic E-state index is 13.2. The minimum absolute atomic E-state index is 0.000656. The fourth-order valence-electron chi connectivity index (χ4n) is 3.39. The maximum absolute atomic E-state index is 13.2. The maximum Gasteiger partial charge on any atom is 0.242 e. The van der Waals surface area contributed by atoms with Crippen molar-refractivity contribution in [1.29, 1.82) is 0 Å². The van der Waals surface area contributed by atoms with Crippen molar-refractivity contribution >= 4 is 11.8 Å². The molecule has 4 heteroatoms. The summed E-state index contributed by atoms with van der Waals surface area (Å²) >= 11 is 0. The molecule has 1 N–H and O–H groups in total. The van der Waals surface area contributed by atoms with Gasteiger partial charge in [0.2, 0.25) is 11.8 Å². The summed E-state index contributed by atoms with van der Waals surface area (Å²) in [5.41, 5.74) is 4.65. The Balaban J connectivity index is 2.10. The van der Waals surface area contributed by atoms with Crippen molar-refractivity contribution in [2.24, 2.45) is 5.92 Å².